The van der Waals surface area contributed by atoms with E-state index < -0.39 is 0 Å². The molecule has 4 heteroatoms. The van der Waals surface area contributed by atoms with Crippen molar-refractivity contribution in [3.8, 4) is 5.75 Å². The van der Waals surface area contributed by atoms with E-state index >= 15 is 0 Å². The van der Waals surface area contributed by atoms with E-state index in [2.05, 4.69) is 56.4 Å². The van der Waals surface area contributed by atoms with Crippen molar-refractivity contribution in [2.24, 2.45) is 0 Å². The molecule has 1 aliphatic heterocycles. The maximum atomic E-state index is 13.1. The molecule has 27 heavy (non-hydrogen) atoms. The molecule has 2 aromatic rings. The van der Waals surface area contributed by atoms with Gasteiger partial charge < -0.3 is 15.0 Å². The van der Waals surface area contributed by atoms with Crippen molar-refractivity contribution in [1.82, 2.24) is 0 Å². The number of anilines is 1. The van der Waals surface area contributed by atoms with Crippen molar-refractivity contribution in [2.75, 3.05) is 25.1 Å². The lowest BCUT2D eigenvalue weighted by atomic mass is 9.80. The average Bonchev–Trinajstić information content (AvgIpc) is 2.65. The first-order chi connectivity index (χ1) is 12.9. The van der Waals surface area contributed by atoms with Crippen molar-refractivity contribution in [1.29, 1.82) is 0 Å². The van der Waals surface area contributed by atoms with Crippen LogP contribution < -0.4 is 15.0 Å². The van der Waals surface area contributed by atoms with E-state index in [4.69, 9.17) is 4.74 Å². The lowest BCUT2D eigenvalue weighted by Crippen LogP contribution is -2.87. The Bertz CT molecular complexity index is 783. The minimum Gasteiger partial charge on any atom is -0.497 e. The highest BCUT2D eigenvalue weighted by atomic mass is 16.5. The number of quaternary nitrogens is 1. The van der Waals surface area contributed by atoms with E-state index in [0.717, 1.165) is 30.8 Å². The molecule has 0 aliphatic carbocycles. The highest BCUT2D eigenvalue weighted by Crippen LogP contribution is 2.42. The van der Waals surface area contributed by atoms with Gasteiger partial charge in [-0.05, 0) is 55.5 Å². The lowest BCUT2D eigenvalue weighted by molar-refractivity contribution is -0.643. The molecule has 0 radical (unpaired) electrons. The van der Waals surface area contributed by atoms with Gasteiger partial charge in [-0.15, -0.1) is 0 Å². The maximum absolute atomic E-state index is 13.1. The summed E-state index contributed by atoms with van der Waals surface area (Å²) in [7, 11) is 1.68. The van der Waals surface area contributed by atoms with Crippen LogP contribution in [0.2, 0.25) is 0 Å². The topological polar surface area (TPSA) is 46.1 Å². The standard InChI is InChI=1S/C23H30N2O2/c1-17-15-23(2,3)25(21-8-6-5-7-20(17)21)22(26)16-24-14-13-18-9-11-19(27-4)12-10-18/h5-12,17,24H,13-16H2,1-4H3/p+1/t17-/m0/s1. The van der Waals surface area contributed by atoms with Gasteiger partial charge in [0.1, 0.15) is 5.75 Å². The van der Waals surface area contributed by atoms with E-state index in [0.29, 0.717) is 12.5 Å². The molecule has 3 rings (SSSR count). The van der Waals surface area contributed by atoms with E-state index in [1.54, 1.807) is 7.11 Å². The molecule has 0 aromatic heterocycles. The van der Waals surface area contributed by atoms with Gasteiger partial charge in [0.25, 0.3) is 5.91 Å². The molecular formula is C23H31N2O2+. The summed E-state index contributed by atoms with van der Waals surface area (Å²) in [5, 5.41) is 2.11. The van der Waals surface area contributed by atoms with E-state index in [1.165, 1.54) is 11.1 Å². The zero-order chi connectivity index (χ0) is 19.4. The highest BCUT2D eigenvalue weighted by Gasteiger charge is 2.39. The largest absolute Gasteiger partial charge is 0.497 e. The maximum Gasteiger partial charge on any atom is 0.282 e. The Morgan fingerprint density at radius 3 is 2.59 bits per heavy atom. The minimum atomic E-state index is -0.158. The van der Waals surface area contributed by atoms with Crippen LogP contribution >= 0.6 is 0 Å². The van der Waals surface area contributed by atoms with Gasteiger partial charge in [0.15, 0.2) is 6.54 Å². The van der Waals surface area contributed by atoms with Gasteiger partial charge in [-0.3, -0.25) is 4.79 Å². The Kier molecular flexibility index (Phi) is 5.85. The number of rotatable bonds is 6. The SMILES string of the molecule is COc1ccc(CC[NH2+]CC(=O)N2c3ccccc3[C@@H](C)CC2(C)C)cc1. The Hall–Kier alpha value is -2.33. The number of nitrogens with two attached hydrogens (primary N) is 1. The average molecular weight is 368 g/mol. The molecule has 0 bridgehead atoms. The molecule has 1 atom stereocenters. The Morgan fingerprint density at radius 2 is 1.89 bits per heavy atom. The highest BCUT2D eigenvalue weighted by molar-refractivity contribution is 5.96. The molecule has 2 aromatic carbocycles. The van der Waals surface area contributed by atoms with Crippen molar-refractivity contribution in [2.45, 2.75) is 45.1 Å². The molecule has 0 fully saturated rings. The lowest BCUT2D eigenvalue weighted by Gasteiger charge is -2.45. The summed E-state index contributed by atoms with van der Waals surface area (Å²) >= 11 is 0. The van der Waals surface area contributed by atoms with Gasteiger partial charge in [-0.2, -0.15) is 0 Å². The van der Waals surface area contributed by atoms with Crippen LogP contribution in [0.15, 0.2) is 48.5 Å². The van der Waals surface area contributed by atoms with Crippen LogP contribution in [-0.4, -0.2) is 31.6 Å². The van der Waals surface area contributed by atoms with E-state index in [-0.39, 0.29) is 11.4 Å². The van der Waals surface area contributed by atoms with Gasteiger partial charge in [-0.1, -0.05) is 37.3 Å². The molecule has 0 spiro atoms. The summed E-state index contributed by atoms with van der Waals surface area (Å²) in [4.78, 5) is 15.1. The number of nitrogens with zero attached hydrogens (tertiary/aromatic N) is 1. The number of fused-ring (bicyclic) bond motifs is 1. The third-order valence-corrected chi connectivity index (χ3v) is 5.48. The van der Waals surface area contributed by atoms with Gasteiger partial charge in [0, 0.05) is 17.6 Å². The summed E-state index contributed by atoms with van der Waals surface area (Å²) in [6.45, 7) is 7.97. The molecule has 2 N–H and O–H groups in total. The Labute approximate surface area is 162 Å². The predicted molar refractivity (Wildman–Crippen MR) is 109 cm³/mol. The normalized spacial score (nSPS) is 18.1. The fourth-order valence-electron chi connectivity index (χ4n) is 4.23. The first kappa shape index (κ1) is 19.4. The number of benzene rings is 2. The van der Waals surface area contributed by atoms with Crippen LogP contribution in [0, 0.1) is 0 Å². The number of para-hydroxylation sites is 1. The number of ether oxygens (including phenoxy) is 1. The minimum absolute atomic E-state index is 0.158. The summed E-state index contributed by atoms with van der Waals surface area (Å²) in [6, 6.07) is 16.5. The van der Waals surface area contributed by atoms with Gasteiger partial charge in [0.05, 0.1) is 13.7 Å². The molecule has 0 unspecified atom stereocenters. The third kappa shape index (κ3) is 4.33. The first-order valence-corrected chi connectivity index (χ1v) is 9.79. The van der Waals surface area contributed by atoms with Gasteiger partial charge in [0.2, 0.25) is 0 Å². The molecular weight excluding hydrogens is 336 g/mol. The van der Waals surface area contributed by atoms with E-state index in [9.17, 15) is 4.79 Å². The second-order valence-corrected chi connectivity index (χ2v) is 8.09. The molecule has 144 valence electrons. The Balaban J connectivity index is 1.60. The molecule has 0 saturated carbocycles. The third-order valence-electron chi connectivity index (χ3n) is 5.48. The second-order valence-electron chi connectivity index (χ2n) is 8.09. The fourth-order valence-corrected chi connectivity index (χ4v) is 4.23. The molecule has 1 heterocycles. The summed E-state index contributed by atoms with van der Waals surface area (Å²) < 4.78 is 5.19. The predicted octanol–water partition coefficient (Wildman–Crippen LogP) is 3.12. The zero-order valence-electron chi connectivity index (χ0n) is 16.9. The molecule has 1 aliphatic rings. The van der Waals surface area contributed by atoms with Crippen LogP contribution in [0.3, 0.4) is 0 Å². The smallest absolute Gasteiger partial charge is 0.282 e. The van der Waals surface area contributed by atoms with Crippen LogP contribution in [-0.2, 0) is 11.2 Å². The van der Waals surface area contributed by atoms with Gasteiger partial charge >= 0.3 is 0 Å². The molecule has 1 amide bonds. The Morgan fingerprint density at radius 1 is 1.19 bits per heavy atom. The molecule has 4 nitrogen and oxygen atoms in total. The van der Waals surface area contributed by atoms with Crippen LogP contribution in [0.5, 0.6) is 5.75 Å². The summed E-state index contributed by atoms with van der Waals surface area (Å²) in [5.41, 5.74) is 3.46. The number of hydrogen-bond donors (Lipinski definition) is 1. The number of amides is 1. The van der Waals surface area contributed by atoms with Crippen molar-refractivity contribution in [3.63, 3.8) is 0 Å². The van der Waals surface area contributed by atoms with Crippen molar-refractivity contribution in [3.05, 3.63) is 59.7 Å². The van der Waals surface area contributed by atoms with Crippen molar-refractivity contribution >= 4 is 11.6 Å². The van der Waals surface area contributed by atoms with Crippen LogP contribution in [0.25, 0.3) is 0 Å². The quantitative estimate of drug-likeness (QED) is 0.798. The number of methoxy groups -OCH3 is 1. The van der Waals surface area contributed by atoms with Crippen LogP contribution in [0.1, 0.15) is 44.2 Å². The molecule has 0 saturated heterocycles. The van der Waals surface area contributed by atoms with Crippen LogP contribution in [0.4, 0.5) is 5.69 Å². The van der Waals surface area contributed by atoms with Gasteiger partial charge in [-0.25, -0.2) is 0 Å². The summed E-state index contributed by atoms with van der Waals surface area (Å²) in [6.07, 6.45) is 1.93. The number of carbonyl (C=O) groups excluding carboxylic acids is 1. The summed E-state index contributed by atoms with van der Waals surface area (Å²) in [5.74, 6) is 1.53. The first-order valence-electron chi connectivity index (χ1n) is 9.79. The second kappa shape index (κ2) is 8.13. The zero-order valence-corrected chi connectivity index (χ0v) is 16.9. The van der Waals surface area contributed by atoms with Crippen molar-refractivity contribution < 1.29 is 14.8 Å². The fraction of sp³-hybridized carbons (Fsp3) is 0.435. The monoisotopic (exact) mass is 367 g/mol. The number of hydrogen-bond acceptors (Lipinski definition) is 2. The number of carbonyl (C=O) groups is 1. The van der Waals surface area contributed by atoms with E-state index in [1.807, 2.05) is 23.1 Å².